The highest BCUT2D eigenvalue weighted by Gasteiger charge is 2.27. The van der Waals surface area contributed by atoms with Crippen LogP contribution < -0.4 is 0 Å². The van der Waals surface area contributed by atoms with Crippen molar-refractivity contribution in [1.82, 2.24) is 9.88 Å². The zero-order valence-corrected chi connectivity index (χ0v) is 11.5. The summed E-state index contributed by atoms with van der Waals surface area (Å²) in [5, 5.41) is 9.67. The van der Waals surface area contributed by atoms with Gasteiger partial charge in [0, 0.05) is 29.8 Å². The van der Waals surface area contributed by atoms with Crippen LogP contribution in [0.5, 0.6) is 5.75 Å². The maximum atomic E-state index is 12.3. The van der Waals surface area contributed by atoms with Crippen molar-refractivity contribution >= 4 is 17.7 Å². The maximum absolute atomic E-state index is 12.3. The average Bonchev–Trinajstić information content (AvgIpc) is 2.50. The molecule has 0 aromatic carbocycles. The van der Waals surface area contributed by atoms with E-state index in [0.717, 1.165) is 25.3 Å². The van der Waals surface area contributed by atoms with Gasteiger partial charge in [-0.05, 0) is 12.5 Å². The Kier molecular flexibility index (Phi) is 3.80. The molecule has 98 valence electrons. The molecule has 0 saturated carbocycles. The number of hydrogen-bond acceptors (Lipinski definition) is 4. The summed E-state index contributed by atoms with van der Waals surface area (Å²) in [7, 11) is 0. The van der Waals surface area contributed by atoms with Crippen LogP contribution in [0.2, 0.25) is 0 Å². The third-order valence-corrected chi connectivity index (χ3v) is 4.53. The van der Waals surface area contributed by atoms with E-state index < -0.39 is 0 Å². The number of carbonyl (C=O) groups is 1. The Bertz CT molecular complexity index is 448. The predicted octanol–water partition coefficient (Wildman–Crippen LogP) is 2.14. The molecule has 18 heavy (non-hydrogen) atoms. The van der Waals surface area contributed by atoms with E-state index in [-0.39, 0.29) is 16.4 Å². The molecule has 1 saturated heterocycles. The number of pyridine rings is 1. The van der Waals surface area contributed by atoms with E-state index in [2.05, 4.69) is 18.8 Å². The van der Waals surface area contributed by atoms with Gasteiger partial charge >= 0.3 is 0 Å². The lowest BCUT2D eigenvalue weighted by Gasteiger charge is -2.22. The maximum Gasteiger partial charge on any atom is 0.257 e. The second-order valence-electron chi connectivity index (χ2n) is 5.04. The van der Waals surface area contributed by atoms with Crippen molar-refractivity contribution in [2.45, 2.75) is 25.0 Å². The molecule has 0 aliphatic carbocycles. The molecular weight excluding hydrogens is 248 g/mol. The van der Waals surface area contributed by atoms with Gasteiger partial charge in [-0.3, -0.25) is 9.78 Å². The minimum Gasteiger partial charge on any atom is -0.505 e. The normalized spacial score (nSPS) is 19.3. The lowest BCUT2D eigenvalue weighted by atomic mass is 10.1. The molecule has 1 aromatic rings. The number of amides is 1. The quantitative estimate of drug-likeness (QED) is 0.846. The summed E-state index contributed by atoms with van der Waals surface area (Å²) < 4.78 is 0.218. The van der Waals surface area contributed by atoms with Crippen molar-refractivity contribution in [2.24, 2.45) is 0 Å². The predicted molar refractivity (Wildman–Crippen MR) is 73.0 cm³/mol. The Morgan fingerprint density at radius 3 is 3.00 bits per heavy atom. The van der Waals surface area contributed by atoms with Crippen molar-refractivity contribution in [3.05, 3.63) is 24.0 Å². The molecule has 0 unspecified atom stereocenters. The first kappa shape index (κ1) is 13.2. The summed E-state index contributed by atoms with van der Waals surface area (Å²) in [6, 6.07) is 1.57. The highest BCUT2D eigenvalue weighted by molar-refractivity contribution is 8.00. The highest BCUT2D eigenvalue weighted by Crippen LogP contribution is 2.31. The molecule has 2 heterocycles. The SMILES string of the molecule is CC1(C)CCN(C(=O)c2ccncc2O)CCS1. The third-order valence-electron chi connectivity index (χ3n) is 3.16. The van der Waals surface area contributed by atoms with Gasteiger partial charge < -0.3 is 10.0 Å². The van der Waals surface area contributed by atoms with E-state index in [1.165, 1.54) is 12.4 Å². The molecule has 1 aromatic heterocycles. The number of rotatable bonds is 1. The highest BCUT2D eigenvalue weighted by atomic mass is 32.2. The van der Waals surface area contributed by atoms with Crippen molar-refractivity contribution in [3.63, 3.8) is 0 Å². The standard InChI is InChI=1S/C13H18N2O2S/c1-13(2)4-6-15(7-8-18-13)12(17)10-3-5-14-9-11(10)16/h3,5,9,16H,4,6-8H2,1-2H3. The Hall–Kier alpha value is -1.23. The zero-order chi connectivity index (χ0) is 13.2. The largest absolute Gasteiger partial charge is 0.505 e. The first-order valence-corrected chi connectivity index (χ1v) is 7.04. The van der Waals surface area contributed by atoms with Crippen LogP contribution in [0.1, 0.15) is 30.6 Å². The summed E-state index contributed by atoms with van der Waals surface area (Å²) in [5.74, 6) is 0.789. The summed E-state index contributed by atoms with van der Waals surface area (Å²) in [6.45, 7) is 5.88. The van der Waals surface area contributed by atoms with E-state index in [9.17, 15) is 9.90 Å². The zero-order valence-electron chi connectivity index (χ0n) is 10.7. The number of carbonyl (C=O) groups excluding carboxylic acids is 1. The number of thioether (sulfide) groups is 1. The molecule has 5 heteroatoms. The number of hydrogen-bond donors (Lipinski definition) is 1. The van der Waals surface area contributed by atoms with Crippen LogP contribution in [0, 0.1) is 0 Å². The van der Waals surface area contributed by atoms with Gasteiger partial charge in [-0.1, -0.05) is 13.8 Å². The first-order chi connectivity index (χ1) is 8.49. The van der Waals surface area contributed by atoms with Crippen LogP contribution >= 0.6 is 11.8 Å². The van der Waals surface area contributed by atoms with E-state index in [4.69, 9.17) is 0 Å². The van der Waals surface area contributed by atoms with Crippen LogP contribution in [0.25, 0.3) is 0 Å². The van der Waals surface area contributed by atoms with Crippen LogP contribution in [0.3, 0.4) is 0 Å². The van der Waals surface area contributed by atoms with Crippen LogP contribution in [-0.2, 0) is 0 Å². The average molecular weight is 266 g/mol. The molecule has 1 N–H and O–H groups in total. The van der Waals surface area contributed by atoms with Gasteiger partial charge in [0.1, 0.15) is 5.75 Å². The van der Waals surface area contributed by atoms with E-state index in [1.54, 1.807) is 6.07 Å². The van der Waals surface area contributed by atoms with Gasteiger partial charge in [-0.15, -0.1) is 0 Å². The van der Waals surface area contributed by atoms with Crippen molar-refractivity contribution in [3.8, 4) is 5.75 Å². The Morgan fingerprint density at radius 2 is 2.28 bits per heavy atom. The van der Waals surface area contributed by atoms with Crippen molar-refractivity contribution in [1.29, 1.82) is 0 Å². The van der Waals surface area contributed by atoms with Crippen LogP contribution in [0.15, 0.2) is 18.5 Å². The van der Waals surface area contributed by atoms with Crippen molar-refractivity contribution in [2.75, 3.05) is 18.8 Å². The van der Waals surface area contributed by atoms with Gasteiger partial charge in [0.05, 0.1) is 11.8 Å². The smallest absolute Gasteiger partial charge is 0.257 e. The van der Waals surface area contributed by atoms with E-state index in [0.29, 0.717) is 5.56 Å². The molecule has 1 amide bonds. The Morgan fingerprint density at radius 1 is 1.50 bits per heavy atom. The molecule has 0 spiro atoms. The van der Waals surface area contributed by atoms with Gasteiger partial charge in [-0.2, -0.15) is 11.8 Å². The molecule has 0 atom stereocenters. The summed E-state index contributed by atoms with van der Waals surface area (Å²) in [6.07, 6.45) is 3.81. The minimum absolute atomic E-state index is 0.0429. The van der Waals surface area contributed by atoms with Crippen LogP contribution in [0.4, 0.5) is 0 Å². The fourth-order valence-corrected chi connectivity index (χ4v) is 3.06. The van der Waals surface area contributed by atoms with Gasteiger partial charge in [0.2, 0.25) is 0 Å². The summed E-state index contributed by atoms with van der Waals surface area (Å²) in [5.41, 5.74) is 0.342. The Labute approximate surface area is 111 Å². The topological polar surface area (TPSA) is 53.4 Å². The number of aromatic hydroxyl groups is 1. The first-order valence-electron chi connectivity index (χ1n) is 6.06. The van der Waals surface area contributed by atoms with Crippen molar-refractivity contribution < 1.29 is 9.90 Å². The van der Waals surface area contributed by atoms with Gasteiger partial charge in [0.15, 0.2) is 0 Å². The minimum atomic E-state index is -0.104. The molecular formula is C13H18N2O2S. The lowest BCUT2D eigenvalue weighted by molar-refractivity contribution is 0.0761. The lowest BCUT2D eigenvalue weighted by Crippen LogP contribution is -2.33. The van der Waals surface area contributed by atoms with E-state index in [1.807, 2.05) is 16.7 Å². The monoisotopic (exact) mass is 266 g/mol. The fourth-order valence-electron chi connectivity index (χ4n) is 1.96. The number of aromatic nitrogens is 1. The summed E-state index contributed by atoms with van der Waals surface area (Å²) >= 11 is 1.89. The second-order valence-corrected chi connectivity index (χ2v) is 6.85. The van der Waals surface area contributed by atoms with Gasteiger partial charge in [-0.25, -0.2) is 0 Å². The molecule has 1 aliphatic heterocycles. The molecule has 0 radical (unpaired) electrons. The fraction of sp³-hybridized carbons (Fsp3) is 0.538. The molecule has 4 nitrogen and oxygen atoms in total. The molecule has 2 rings (SSSR count). The Balaban J connectivity index is 2.13. The summed E-state index contributed by atoms with van der Waals surface area (Å²) in [4.78, 5) is 17.9. The number of nitrogens with zero attached hydrogens (tertiary/aromatic N) is 2. The molecule has 1 aliphatic rings. The molecule has 1 fully saturated rings. The van der Waals surface area contributed by atoms with Crippen LogP contribution in [-0.4, -0.2) is 44.5 Å². The van der Waals surface area contributed by atoms with E-state index >= 15 is 0 Å². The second kappa shape index (κ2) is 5.18. The third kappa shape index (κ3) is 2.96. The van der Waals surface area contributed by atoms with Gasteiger partial charge in [0.25, 0.3) is 5.91 Å². The molecule has 0 bridgehead atoms.